The van der Waals surface area contributed by atoms with E-state index in [1.807, 2.05) is 77.1 Å². The smallest absolute Gasteiger partial charge is 0.251 e. The Balaban J connectivity index is 0.00000462. The molecule has 0 aliphatic carbocycles. The van der Waals surface area contributed by atoms with Crippen molar-refractivity contribution in [2.45, 2.75) is 80.2 Å². The summed E-state index contributed by atoms with van der Waals surface area (Å²) < 4.78 is 16.9. The van der Waals surface area contributed by atoms with E-state index in [0.717, 1.165) is 42.8 Å². The molecule has 0 saturated carbocycles. The van der Waals surface area contributed by atoms with Gasteiger partial charge in [-0.3, -0.25) is 9.59 Å². The minimum absolute atomic E-state index is 0.0564. The average molecular weight is 757 g/mol. The van der Waals surface area contributed by atoms with Crippen LogP contribution in [0.1, 0.15) is 89.2 Å². The molecule has 9 nitrogen and oxygen atoms in total. The molecule has 9 heteroatoms. The summed E-state index contributed by atoms with van der Waals surface area (Å²) in [5.41, 5.74) is 10.1. The minimum atomic E-state index is -0.542. The van der Waals surface area contributed by atoms with Crippen LogP contribution < -0.4 is 26.0 Å². The van der Waals surface area contributed by atoms with Crippen LogP contribution in [0.3, 0.4) is 0 Å². The zero-order valence-electron chi connectivity index (χ0n) is 35.0. The normalized spacial score (nSPS) is 16.5. The number of carbonyl (C=O) groups is 2. The van der Waals surface area contributed by atoms with E-state index in [2.05, 4.69) is 67.5 Å². The fraction of sp³-hybridized carbons (Fsp3) is 0.435. The second-order valence-corrected chi connectivity index (χ2v) is 12.2. The van der Waals surface area contributed by atoms with Crippen LogP contribution in [0.15, 0.2) is 91.4 Å². The molecule has 55 heavy (non-hydrogen) atoms. The largest absolute Gasteiger partial charge is 0.497 e. The number of nitrogens with two attached hydrogens (primary N) is 1. The van der Waals surface area contributed by atoms with Gasteiger partial charge in [-0.05, 0) is 67.3 Å². The number of hydrogen-bond donors (Lipinski definition) is 3. The molecule has 3 rings (SSSR count). The summed E-state index contributed by atoms with van der Waals surface area (Å²) in [4.78, 5) is 27.2. The van der Waals surface area contributed by atoms with Crippen LogP contribution in [0.5, 0.6) is 5.75 Å². The molecule has 0 radical (unpaired) electrons. The van der Waals surface area contributed by atoms with Crippen molar-refractivity contribution in [2.24, 2.45) is 17.6 Å². The first-order valence-electron chi connectivity index (χ1n) is 19.4. The molecular formula is C46H68N4O5. The summed E-state index contributed by atoms with van der Waals surface area (Å²) in [6.07, 6.45) is 23.1. The summed E-state index contributed by atoms with van der Waals surface area (Å²) in [7, 11) is 3.21. The molecule has 0 bridgehead atoms. The van der Waals surface area contributed by atoms with Crippen molar-refractivity contribution in [3.8, 4) is 18.6 Å². The predicted octanol–water partition coefficient (Wildman–Crippen LogP) is 9.33. The number of nitrogens with one attached hydrogen (secondary N) is 2. The van der Waals surface area contributed by atoms with Crippen molar-refractivity contribution in [3.63, 3.8) is 0 Å². The van der Waals surface area contributed by atoms with Crippen molar-refractivity contribution >= 4 is 29.3 Å². The lowest BCUT2D eigenvalue weighted by Crippen LogP contribution is -2.36. The van der Waals surface area contributed by atoms with E-state index < -0.39 is 11.9 Å². The highest BCUT2D eigenvalue weighted by Gasteiger charge is 2.21. The van der Waals surface area contributed by atoms with E-state index in [0.29, 0.717) is 54.8 Å². The highest BCUT2D eigenvalue weighted by atomic mass is 16.5. The Bertz CT molecular complexity index is 1580. The number of allylic oxidation sites excluding steroid dienone is 1. The third-order valence-electron chi connectivity index (χ3n) is 8.69. The van der Waals surface area contributed by atoms with Crippen molar-refractivity contribution in [2.75, 3.05) is 50.7 Å². The Kier molecular flexibility index (Phi) is 26.4. The summed E-state index contributed by atoms with van der Waals surface area (Å²) in [5.74, 6) is 1.18. The first kappa shape index (κ1) is 49.8. The molecule has 2 aromatic carbocycles. The van der Waals surface area contributed by atoms with E-state index >= 15 is 0 Å². The van der Waals surface area contributed by atoms with Gasteiger partial charge < -0.3 is 35.5 Å². The fourth-order valence-corrected chi connectivity index (χ4v) is 5.72. The molecule has 302 valence electrons. The Morgan fingerprint density at radius 2 is 1.80 bits per heavy atom. The van der Waals surface area contributed by atoms with Crippen molar-refractivity contribution in [1.29, 1.82) is 0 Å². The third kappa shape index (κ3) is 17.7. The van der Waals surface area contributed by atoms with Gasteiger partial charge in [-0.15, -0.1) is 19.4 Å². The fourth-order valence-electron chi connectivity index (χ4n) is 5.72. The second kappa shape index (κ2) is 29.2. The number of primary amides is 1. The maximum atomic E-state index is 13.7. The molecule has 2 amide bonds. The van der Waals surface area contributed by atoms with Crippen LogP contribution in [0.4, 0.5) is 11.4 Å². The molecular weight excluding hydrogens is 689 g/mol. The molecule has 1 aliphatic rings. The minimum Gasteiger partial charge on any atom is -0.497 e. The zero-order valence-corrected chi connectivity index (χ0v) is 35.0. The Hall–Kier alpha value is -5.20. The van der Waals surface area contributed by atoms with Gasteiger partial charge in [-0.1, -0.05) is 85.6 Å². The number of hydrogen-bond acceptors (Lipinski definition) is 7. The molecule has 1 aliphatic heterocycles. The lowest BCUT2D eigenvalue weighted by molar-refractivity contribution is -0.113. The Morgan fingerprint density at radius 3 is 2.40 bits per heavy atom. The van der Waals surface area contributed by atoms with Gasteiger partial charge in [0.25, 0.3) is 5.91 Å². The zero-order chi connectivity index (χ0) is 41.8. The second-order valence-electron chi connectivity index (χ2n) is 12.2. The number of carbonyl (C=O) groups excluding carboxylic acids is 2. The molecule has 2 aromatic rings. The lowest BCUT2D eigenvalue weighted by atomic mass is 9.91. The number of terminal acetylenes is 1. The average Bonchev–Trinajstić information content (AvgIpc) is 3.26. The van der Waals surface area contributed by atoms with Gasteiger partial charge in [0.15, 0.2) is 0 Å². The monoisotopic (exact) mass is 757 g/mol. The quantitative estimate of drug-likeness (QED) is 0.0889. The summed E-state index contributed by atoms with van der Waals surface area (Å²) in [5, 5.41) is 6.37. The van der Waals surface area contributed by atoms with E-state index in [-0.39, 0.29) is 11.8 Å². The van der Waals surface area contributed by atoms with Crippen LogP contribution in [0.25, 0.3) is 6.08 Å². The SMILES string of the molecule is C#C.C=CC1/C=C\C(OC)=C/COCCN(c2cc(C(=O)NC(C)C(=C)Nc3ccc(/C=C/C(N)=O)c(OC)c3)ccc2CC(CC)CCC)C1.CC.CC. The number of methoxy groups -OCH3 is 2. The van der Waals surface area contributed by atoms with Gasteiger partial charge in [-0.2, -0.15) is 0 Å². The van der Waals surface area contributed by atoms with Gasteiger partial charge in [0.1, 0.15) is 11.5 Å². The molecule has 0 saturated heterocycles. The van der Waals surface area contributed by atoms with Crippen molar-refractivity contribution in [1.82, 2.24) is 5.32 Å². The number of amides is 2. The molecule has 0 spiro atoms. The maximum Gasteiger partial charge on any atom is 0.251 e. The van der Waals surface area contributed by atoms with Crippen LogP contribution in [-0.4, -0.2) is 58.4 Å². The van der Waals surface area contributed by atoms with Crippen molar-refractivity contribution < 1.29 is 23.8 Å². The Morgan fingerprint density at radius 1 is 1.09 bits per heavy atom. The maximum absolute atomic E-state index is 13.7. The van der Waals surface area contributed by atoms with Crippen LogP contribution in [0, 0.1) is 24.7 Å². The lowest BCUT2D eigenvalue weighted by Gasteiger charge is -2.30. The van der Waals surface area contributed by atoms with Gasteiger partial charge >= 0.3 is 0 Å². The van der Waals surface area contributed by atoms with Crippen LogP contribution >= 0.6 is 0 Å². The van der Waals surface area contributed by atoms with Gasteiger partial charge in [0, 0.05) is 59.3 Å². The number of rotatable bonds is 16. The predicted molar refractivity (Wildman–Crippen MR) is 233 cm³/mol. The number of anilines is 2. The first-order valence-corrected chi connectivity index (χ1v) is 19.4. The molecule has 4 N–H and O–H groups in total. The molecule has 1 heterocycles. The van der Waals surface area contributed by atoms with Gasteiger partial charge in [-0.25, -0.2) is 0 Å². The highest BCUT2D eigenvalue weighted by Crippen LogP contribution is 2.30. The van der Waals surface area contributed by atoms with Crippen LogP contribution in [-0.2, 0) is 20.7 Å². The number of ether oxygens (including phenoxy) is 3. The van der Waals surface area contributed by atoms with Gasteiger partial charge in [0.2, 0.25) is 5.91 Å². The van der Waals surface area contributed by atoms with E-state index in [9.17, 15) is 9.59 Å². The van der Waals surface area contributed by atoms with Crippen LogP contribution in [0.2, 0.25) is 0 Å². The highest BCUT2D eigenvalue weighted by molar-refractivity contribution is 5.96. The van der Waals surface area contributed by atoms with E-state index in [4.69, 9.17) is 19.9 Å². The molecule has 3 atom stereocenters. The number of nitrogens with zero attached hydrogens (tertiary/aromatic N) is 1. The molecule has 3 unspecified atom stereocenters. The topological polar surface area (TPSA) is 115 Å². The number of benzene rings is 2. The Labute approximate surface area is 332 Å². The molecule has 0 fully saturated rings. The van der Waals surface area contributed by atoms with Crippen molar-refractivity contribution in [3.05, 3.63) is 108 Å². The summed E-state index contributed by atoms with van der Waals surface area (Å²) in [6.45, 7) is 24.9. The first-order chi connectivity index (χ1) is 26.6. The summed E-state index contributed by atoms with van der Waals surface area (Å²) >= 11 is 0. The molecule has 0 aromatic heterocycles. The van der Waals surface area contributed by atoms with E-state index in [1.165, 1.54) is 11.6 Å². The van der Waals surface area contributed by atoms with Gasteiger partial charge in [0.05, 0.1) is 33.5 Å². The third-order valence-corrected chi connectivity index (χ3v) is 8.69. The standard InChI is InChI=1S/C40H54N4O5.2C2H6.C2H2/c1-8-11-30(9-2)24-33-13-14-34(25-37(33)44-21-23-49-22-20-36(47-6)18-12-31(10-3)27-44)40(46)43-29(5)28(4)42-35-17-15-32(16-19-39(41)45)38(26-35)48-7;3*1-2/h10,12-20,25-26,29-31,42H,3-4,8-9,11,21-24,27H2,1-2,5-7H3,(H2,41,45)(H,43,46);2*1-2H3;1-2H/b18-12-,19-16+,36-20+;;;. The summed E-state index contributed by atoms with van der Waals surface area (Å²) in [6, 6.07) is 11.1. The van der Waals surface area contributed by atoms with E-state index in [1.54, 1.807) is 26.4 Å².